The van der Waals surface area contributed by atoms with Gasteiger partial charge in [0.1, 0.15) is 0 Å². The lowest BCUT2D eigenvalue weighted by atomic mass is 9.74. The zero-order chi connectivity index (χ0) is 18.5. The van der Waals surface area contributed by atoms with E-state index in [1.54, 1.807) is 13.0 Å². The highest BCUT2D eigenvalue weighted by Gasteiger charge is 2.27. The number of aliphatic hydroxyl groups is 1. The third kappa shape index (κ3) is 7.57. The Bertz CT molecular complexity index is 441. The highest BCUT2D eigenvalue weighted by Crippen LogP contribution is 2.40. The van der Waals surface area contributed by atoms with Gasteiger partial charge < -0.3 is 15.3 Å². The minimum absolute atomic E-state index is 0.0209. The van der Waals surface area contributed by atoms with Gasteiger partial charge in [0.25, 0.3) is 0 Å². The van der Waals surface area contributed by atoms with E-state index in [1.165, 1.54) is 37.7 Å². The minimum atomic E-state index is 0.0209. The number of benzene rings is 1. The molecule has 1 aliphatic rings. The van der Waals surface area contributed by atoms with Crippen LogP contribution in [0.3, 0.4) is 0 Å². The van der Waals surface area contributed by atoms with E-state index < -0.39 is 0 Å². The monoisotopic (exact) mass is 338 g/mol. The average molecular weight is 339 g/mol. The fourth-order valence-electron chi connectivity index (χ4n) is 2.91. The molecule has 0 spiro atoms. The Hall–Kier alpha value is -1.22. The van der Waals surface area contributed by atoms with E-state index in [0.29, 0.717) is 11.8 Å². The summed E-state index contributed by atoms with van der Waals surface area (Å²) in [5.41, 5.74) is 2.18. The van der Waals surface area contributed by atoms with Crippen molar-refractivity contribution >= 4 is 0 Å². The van der Waals surface area contributed by atoms with E-state index >= 15 is 0 Å². The fourth-order valence-corrected chi connectivity index (χ4v) is 2.91. The second kappa shape index (κ2) is 13.1. The summed E-state index contributed by atoms with van der Waals surface area (Å²) in [4.78, 5) is 0. The van der Waals surface area contributed by atoms with Crippen molar-refractivity contribution in [1.29, 1.82) is 0 Å². The molecule has 0 amide bonds. The van der Waals surface area contributed by atoms with Crippen molar-refractivity contribution in [3.8, 4) is 11.5 Å². The quantitative estimate of drug-likeness (QED) is 0.640. The van der Waals surface area contributed by atoms with Gasteiger partial charge in [0.15, 0.2) is 11.5 Å². The number of fused-ring (bicyclic) bond motifs is 1. The molecule has 2 rings (SSSR count). The predicted molar refractivity (Wildman–Crippen MR) is 103 cm³/mol. The maximum Gasteiger partial charge on any atom is 0.160 e. The number of aliphatic hydroxyl groups excluding tert-OH is 1. The highest BCUT2D eigenvalue weighted by atomic mass is 16.3. The summed E-state index contributed by atoms with van der Waals surface area (Å²) in [5.74, 6) is 1.46. The number of unbranched alkanes of at least 4 members (excludes halogenated alkanes) is 2. The summed E-state index contributed by atoms with van der Waals surface area (Å²) >= 11 is 0. The highest BCUT2D eigenvalue weighted by molar-refractivity contribution is 5.50. The van der Waals surface area contributed by atoms with Gasteiger partial charge in [-0.2, -0.15) is 0 Å². The molecule has 2 unspecified atom stereocenters. The Morgan fingerprint density at radius 2 is 1.54 bits per heavy atom. The Balaban J connectivity index is 0.000000648. The van der Waals surface area contributed by atoms with Crippen LogP contribution < -0.4 is 0 Å². The van der Waals surface area contributed by atoms with Gasteiger partial charge in [-0.3, -0.25) is 0 Å². The number of aromatic hydroxyl groups is 2. The van der Waals surface area contributed by atoms with Crippen molar-refractivity contribution in [3.63, 3.8) is 0 Å². The van der Waals surface area contributed by atoms with E-state index in [-0.39, 0.29) is 18.1 Å². The first-order valence-corrected chi connectivity index (χ1v) is 9.60. The van der Waals surface area contributed by atoms with E-state index in [0.717, 1.165) is 18.4 Å². The van der Waals surface area contributed by atoms with Gasteiger partial charge in [-0.25, -0.2) is 0 Å². The Kier molecular flexibility index (Phi) is 12.4. The van der Waals surface area contributed by atoms with E-state index in [4.69, 9.17) is 5.11 Å². The molecule has 0 heterocycles. The lowest BCUT2D eigenvalue weighted by molar-refractivity contribution is 0.297. The Morgan fingerprint density at radius 3 is 2.04 bits per heavy atom. The van der Waals surface area contributed by atoms with Crippen LogP contribution in [0.4, 0.5) is 0 Å². The molecule has 1 aromatic rings. The van der Waals surface area contributed by atoms with Crippen molar-refractivity contribution < 1.29 is 15.3 Å². The molecule has 0 saturated heterocycles. The van der Waals surface area contributed by atoms with Crippen molar-refractivity contribution in [1.82, 2.24) is 0 Å². The molecule has 1 aromatic carbocycles. The van der Waals surface area contributed by atoms with E-state index in [1.807, 2.05) is 6.07 Å². The van der Waals surface area contributed by atoms with E-state index in [9.17, 15) is 10.2 Å². The molecule has 0 fully saturated rings. The number of phenols is 2. The molecule has 1 aliphatic carbocycles. The van der Waals surface area contributed by atoms with Crippen molar-refractivity contribution in [2.45, 2.75) is 79.6 Å². The zero-order valence-electron chi connectivity index (χ0n) is 16.3. The molecule has 0 saturated carbocycles. The zero-order valence-corrected chi connectivity index (χ0v) is 16.3. The first-order valence-electron chi connectivity index (χ1n) is 9.60. The van der Waals surface area contributed by atoms with Crippen LogP contribution in [-0.4, -0.2) is 21.9 Å². The summed E-state index contributed by atoms with van der Waals surface area (Å²) in [6.07, 6.45) is 8.28. The number of hydrogen-bond donors (Lipinski definition) is 3. The second-order valence-corrected chi connectivity index (χ2v) is 6.68. The first kappa shape index (κ1) is 22.8. The largest absolute Gasteiger partial charge is 0.504 e. The van der Waals surface area contributed by atoms with E-state index in [2.05, 4.69) is 27.7 Å². The van der Waals surface area contributed by atoms with Gasteiger partial charge >= 0.3 is 0 Å². The first-order chi connectivity index (χ1) is 11.5. The smallest absolute Gasteiger partial charge is 0.160 e. The Morgan fingerprint density at radius 1 is 0.958 bits per heavy atom. The van der Waals surface area contributed by atoms with Crippen LogP contribution in [0.2, 0.25) is 0 Å². The normalized spacial score (nSPS) is 18.6. The molecule has 3 nitrogen and oxygen atoms in total. The summed E-state index contributed by atoms with van der Waals surface area (Å²) in [7, 11) is 0. The molecule has 3 heteroatoms. The molecule has 0 bridgehead atoms. The molecule has 140 valence electrons. The van der Waals surface area contributed by atoms with Gasteiger partial charge in [0, 0.05) is 12.2 Å². The van der Waals surface area contributed by atoms with Crippen LogP contribution in [-0.2, 0) is 12.8 Å². The second-order valence-electron chi connectivity index (χ2n) is 6.68. The summed E-state index contributed by atoms with van der Waals surface area (Å²) in [5, 5.41) is 27.0. The maximum absolute atomic E-state index is 9.92. The number of phenolic OH excluding ortho intramolecular Hbond substituents is 2. The van der Waals surface area contributed by atoms with Crippen molar-refractivity contribution in [2.24, 2.45) is 11.8 Å². The van der Waals surface area contributed by atoms with Crippen LogP contribution in [0.15, 0.2) is 12.1 Å². The molecular formula is C21H38O3. The maximum atomic E-state index is 9.92. The molecule has 0 aliphatic heterocycles. The third-order valence-electron chi connectivity index (χ3n) is 4.60. The van der Waals surface area contributed by atoms with Gasteiger partial charge in [-0.1, -0.05) is 59.4 Å². The van der Waals surface area contributed by atoms with Crippen LogP contribution in [0.25, 0.3) is 0 Å². The average Bonchev–Trinajstić information content (AvgIpc) is 2.58. The molecule has 0 radical (unpaired) electrons. The lowest BCUT2D eigenvalue weighted by Gasteiger charge is -2.31. The predicted octanol–water partition coefficient (Wildman–Crippen LogP) is 5.44. The molecular weight excluding hydrogens is 300 g/mol. The minimum Gasteiger partial charge on any atom is -0.504 e. The van der Waals surface area contributed by atoms with Crippen LogP contribution in [0.5, 0.6) is 11.5 Å². The molecule has 3 N–H and O–H groups in total. The molecule has 0 aromatic heterocycles. The van der Waals surface area contributed by atoms with Gasteiger partial charge in [0.2, 0.25) is 0 Å². The topological polar surface area (TPSA) is 60.7 Å². The summed E-state index contributed by atoms with van der Waals surface area (Å²) < 4.78 is 0. The van der Waals surface area contributed by atoms with Crippen LogP contribution in [0, 0.1) is 11.8 Å². The van der Waals surface area contributed by atoms with Crippen LogP contribution >= 0.6 is 0 Å². The molecule has 2 atom stereocenters. The fraction of sp³-hybridized carbons (Fsp3) is 0.714. The van der Waals surface area contributed by atoms with Gasteiger partial charge in [-0.15, -0.1) is 0 Å². The van der Waals surface area contributed by atoms with Crippen molar-refractivity contribution in [3.05, 3.63) is 23.3 Å². The summed E-state index contributed by atoms with van der Waals surface area (Å²) in [6.45, 7) is 10.8. The lowest BCUT2D eigenvalue weighted by Crippen LogP contribution is -2.23. The number of rotatable bonds is 4. The van der Waals surface area contributed by atoms with Crippen LogP contribution in [0.1, 0.15) is 77.8 Å². The Labute approximate surface area is 148 Å². The number of hydrogen-bond acceptors (Lipinski definition) is 3. The SMILES string of the molecule is CCCC.CCCCC1Cc2c(ccc(O)c2O)CC1C.CCO. The summed E-state index contributed by atoms with van der Waals surface area (Å²) in [6, 6.07) is 3.56. The third-order valence-corrected chi connectivity index (χ3v) is 4.60. The molecule has 24 heavy (non-hydrogen) atoms. The standard InChI is InChI=1S/C15H22O2.C4H10.C2H6O/c1-3-4-5-11-9-13-12(8-10(11)2)6-7-14(16)15(13)17;1-3-4-2;1-2-3/h6-7,10-11,16-17H,3-5,8-9H2,1-2H3;3-4H2,1-2H3;3H,2H2,1H3. The van der Waals surface area contributed by atoms with Crippen molar-refractivity contribution in [2.75, 3.05) is 6.61 Å². The van der Waals surface area contributed by atoms with Gasteiger partial charge in [-0.05, 0) is 49.7 Å². The van der Waals surface area contributed by atoms with Gasteiger partial charge in [0.05, 0.1) is 0 Å².